The van der Waals surface area contributed by atoms with Gasteiger partial charge in [0.15, 0.2) is 0 Å². The molecule has 1 atom stereocenters. The molecule has 2 amide bonds. The number of nitrogens with one attached hydrogen (secondary N) is 2. The molecule has 0 fully saturated rings. The molecule has 1 aliphatic rings. The highest BCUT2D eigenvalue weighted by Crippen LogP contribution is 2.31. The van der Waals surface area contributed by atoms with Crippen molar-refractivity contribution in [3.05, 3.63) is 53.0 Å². The first kappa shape index (κ1) is 16.5. The molecular weight excluding hydrogens is 370 g/mol. The van der Waals surface area contributed by atoms with Gasteiger partial charge in [0.1, 0.15) is 0 Å². The molecule has 0 aliphatic carbocycles. The standard InChI is InChI=1S/C18H18BrN3O2/c1-12-10-17(23)21-15-8-4-5-9-16(15)22(12)18(24)11-20-14-7-3-2-6-13(14)19/h2-9,12,20H,10-11H2,1H3,(H,21,23). The zero-order valence-corrected chi connectivity index (χ0v) is 14.8. The zero-order chi connectivity index (χ0) is 17.1. The van der Waals surface area contributed by atoms with Crippen LogP contribution in [0.25, 0.3) is 0 Å². The van der Waals surface area contributed by atoms with Gasteiger partial charge in [-0.15, -0.1) is 0 Å². The normalized spacial score (nSPS) is 16.8. The topological polar surface area (TPSA) is 61.4 Å². The molecule has 0 radical (unpaired) electrons. The lowest BCUT2D eigenvalue weighted by atomic mass is 10.1. The quantitative estimate of drug-likeness (QED) is 0.844. The van der Waals surface area contributed by atoms with E-state index in [1.165, 1.54) is 0 Å². The van der Waals surface area contributed by atoms with Crippen molar-refractivity contribution in [1.29, 1.82) is 0 Å². The zero-order valence-electron chi connectivity index (χ0n) is 13.3. The maximum absolute atomic E-state index is 12.8. The summed E-state index contributed by atoms with van der Waals surface area (Å²) >= 11 is 3.46. The van der Waals surface area contributed by atoms with Crippen LogP contribution >= 0.6 is 15.9 Å². The van der Waals surface area contributed by atoms with Crippen molar-refractivity contribution in [2.75, 3.05) is 22.1 Å². The van der Waals surface area contributed by atoms with Crippen molar-refractivity contribution in [3.8, 4) is 0 Å². The number of hydrogen-bond acceptors (Lipinski definition) is 3. The van der Waals surface area contributed by atoms with Crippen LogP contribution in [0.2, 0.25) is 0 Å². The maximum Gasteiger partial charge on any atom is 0.246 e. The van der Waals surface area contributed by atoms with E-state index >= 15 is 0 Å². The summed E-state index contributed by atoms with van der Waals surface area (Å²) in [5.41, 5.74) is 2.26. The molecule has 0 aromatic heterocycles. The predicted octanol–water partition coefficient (Wildman–Crippen LogP) is 3.62. The Morgan fingerprint density at radius 1 is 1.25 bits per heavy atom. The van der Waals surface area contributed by atoms with Gasteiger partial charge in [0.05, 0.1) is 17.9 Å². The Morgan fingerprint density at radius 3 is 2.75 bits per heavy atom. The monoisotopic (exact) mass is 387 g/mol. The molecule has 1 aliphatic heterocycles. The summed E-state index contributed by atoms with van der Waals surface area (Å²) in [6.45, 7) is 2.04. The van der Waals surface area contributed by atoms with Gasteiger partial charge in [-0.25, -0.2) is 0 Å². The summed E-state index contributed by atoms with van der Waals surface area (Å²) in [7, 11) is 0. The number of amides is 2. The molecule has 1 heterocycles. The number of halogens is 1. The number of carbonyl (C=O) groups is 2. The van der Waals surface area contributed by atoms with E-state index in [0.29, 0.717) is 5.69 Å². The number of para-hydroxylation sites is 3. The van der Waals surface area contributed by atoms with Crippen LogP contribution in [0, 0.1) is 0 Å². The number of rotatable bonds is 3. The molecule has 0 saturated carbocycles. The van der Waals surface area contributed by atoms with Crippen molar-refractivity contribution in [2.24, 2.45) is 0 Å². The lowest BCUT2D eigenvalue weighted by Crippen LogP contribution is -2.42. The van der Waals surface area contributed by atoms with Crippen LogP contribution in [0.5, 0.6) is 0 Å². The number of fused-ring (bicyclic) bond motifs is 1. The largest absolute Gasteiger partial charge is 0.375 e. The van der Waals surface area contributed by atoms with Gasteiger partial charge >= 0.3 is 0 Å². The number of benzene rings is 2. The second kappa shape index (κ2) is 7.05. The number of anilines is 3. The molecule has 24 heavy (non-hydrogen) atoms. The minimum atomic E-state index is -0.206. The average molecular weight is 388 g/mol. The Labute approximate surface area is 149 Å². The predicted molar refractivity (Wildman–Crippen MR) is 99.3 cm³/mol. The van der Waals surface area contributed by atoms with E-state index in [1.54, 1.807) is 4.90 Å². The molecule has 5 nitrogen and oxygen atoms in total. The summed E-state index contributed by atoms with van der Waals surface area (Å²) in [6.07, 6.45) is 0.273. The highest BCUT2D eigenvalue weighted by atomic mass is 79.9. The second-order valence-corrected chi connectivity index (χ2v) is 6.57. The Morgan fingerprint density at radius 2 is 1.96 bits per heavy atom. The summed E-state index contributed by atoms with van der Waals surface area (Å²) in [4.78, 5) is 26.5. The van der Waals surface area contributed by atoms with Crippen LogP contribution in [-0.2, 0) is 9.59 Å². The molecule has 2 aromatic carbocycles. The van der Waals surface area contributed by atoms with Gasteiger partial charge in [-0.3, -0.25) is 9.59 Å². The van der Waals surface area contributed by atoms with Crippen LogP contribution in [0.15, 0.2) is 53.0 Å². The second-order valence-electron chi connectivity index (χ2n) is 5.72. The van der Waals surface area contributed by atoms with Crippen molar-refractivity contribution < 1.29 is 9.59 Å². The number of hydrogen-bond donors (Lipinski definition) is 2. The summed E-state index contributed by atoms with van der Waals surface area (Å²) < 4.78 is 0.902. The first-order valence-corrected chi connectivity index (χ1v) is 8.55. The van der Waals surface area contributed by atoms with Crippen molar-refractivity contribution in [1.82, 2.24) is 0 Å². The van der Waals surface area contributed by atoms with Gasteiger partial charge in [-0.2, -0.15) is 0 Å². The maximum atomic E-state index is 12.8. The Bertz CT molecular complexity index is 778. The minimum Gasteiger partial charge on any atom is -0.375 e. The molecule has 0 spiro atoms. The highest BCUT2D eigenvalue weighted by Gasteiger charge is 2.29. The van der Waals surface area contributed by atoms with Crippen LogP contribution in [0.4, 0.5) is 17.1 Å². The van der Waals surface area contributed by atoms with Gasteiger partial charge < -0.3 is 15.5 Å². The molecule has 2 N–H and O–H groups in total. The van der Waals surface area contributed by atoms with Gasteiger partial charge in [0.2, 0.25) is 11.8 Å². The highest BCUT2D eigenvalue weighted by molar-refractivity contribution is 9.10. The first-order valence-electron chi connectivity index (χ1n) is 7.75. The molecule has 1 unspecified atom stereocenters. The van der Waals surface area contributed by atoms with Gasteiger partial charge in [-0.1, -0.05) is 24.3 Å². The summed E-state index contributed by atoms with van der Waals surface area (Å²) in [5, 5.41) is 6.01. The van der Waals surface area contributed by atoms with E-state index in [0.717, 1.165) is 15.8 Å². The molecular formula is C18H18BrN3O2. The van der Waals surface area contributed by atoms with Crippen LogP contribution < -0.4 is 15.5 Å². The lowest BCUT2D eigenvalue weighted by molar-refractivity contribution is -0.118. The van der Waals surface area contributed by atoms with Gasteiger partial charge in [0.25, 0.3) is 0 Å². The third kappa shape index (κ3) is 3.43. The van der Waals surface area contributed by atoms with Gasteiger partial charge in [0, 0.05) is 22.6 Å². The first-order chi connectivity index (χ1) is 11.6. The minimum absolute atomic E-state index is 0.0796. The number of nitrogens with zero attached hydrogens (tertiary/aromatic N) is 1. The Hall–Kier alpha value is -2.34. The average Bonchev–Trinajstić information content (AvgIpc) is 2.68. The molecule has 3 rings (SSSR count). The van der Waals surface area contributed by atoms with E-state index in [2.05, 4.69) is 26.6 Å². The lowest BCUT2D eigenvalue weighted by Gasteiger charge is -2.28. The summed E-state index contributed by atoms with van der Waals surface area (Å²) in [5.74, 6) is -0.161. The van der Waals surface area contributed by atoms with Crippen LogP contribution in [-0.4, -0.2) is 24.4 Å². The van der Waals surface area contributed by atoms with Crippen molar-refractivity contribution in [3.63, 3.8) is 0 Å². The van der Waals surface area contributed by atoms with Gasteiger partial charge in [-0.05, 0) is 47.1 Å². The summed E-state index contributed by atoms with van der Waals surface area (Å²) in [6, 6.07) is 14.8. The third-order valence-electron chi connectivity index (χ3n) is 3.93. The van der Waals surface area contributed by atoms with E-state index in [1.807, 2.05) is 55.5 Å². The van der Waals surface area contributed by atoms with E-state index in [4.69, 9.17) is 0 Å². The fourth-order valence-corrected chi connectivity index (χ4v) is 3.25. The van der Waals surface area contributed by atoms with Crippen LogP contribution in [0.1, 0.15) is 13.3 Å². The van der Waals surface area contributed by atoms with E-state index < -0.39 is 0 Å². The molecule has 2 aromatic rings. The van der Waals surface area contributed by atoms with Crippen molar-refractivity contribution >= 4 is 44.8 Å². The molecule has 0 saturated heterocycles. The SMILES string of the molecule is CC1CC(=O)Nc2ccccc2N1C(=O)CNc1ccccc1Br. The van der Waals surface area contributed by atoms with E-state index in [9.17, 15) is 9.59 Å². The smallest absolute Gasteiger partial charge is 0.246 e. The van der Waals surface area contributed by atoms with Crippen LogP contribution in [0.3, 0.4) is 0 Å². The fraction of sp³-hybridized carbons (Fsp3) is 0.222. The third-order valence-corrected chi connectivity index (χ3v) is 4.62. The van der Waals surface area contributed by atoms with Crippen molar-refractivity contribution in [2.45, 2.75) is 19.4 Å². The number of carbonyl (C=O) groups excluding carboxylic acids is 2. The Kier molecular flexibility index (Phi) is 4.85. The molecule has 6 heteroatoms. The molecule has 124 valence electrons. The Balaban J connectivity index is 1.83. The van der Waals surface area contributed by atoms with E-state index in [-0.39, 0.29) is 30.8 Å². The molecule has 0 bridgehead atoms. The fourth-order valence-electron chi connectivity index (χ4n) is 2.83.